The van der Waals surface area contributed by atoms with Gasteiger partial charge >= 0.3 is 0 Å². The minimum absolute atomic E-state index is 0.624. The zero-order valence-corrected chi connectivity index (χ0v) is 35.6. The second-order valence-electron chi connectivity index (χ2n) is 16.4. The van der Waals surface area contributed by atoms with Gasteiger partial charge in [-0.2, -0.15) is 0 Å². The van der Waals surface area contributed by atoms with E-state index >= 15 is 0 Å². The first-order valence-corrected chi connectivity index (χ1v) is 20.0. The molecule has 1 heterocycles. The lowest BCUT2D eigenvalue weighted by Crippen LogP contribution is -1.98. The molecular weight excluding hydrogens is 1000 g/mol. The largest absolute Gasteiger partial charge is 0.506 e. The van der Waals surface area contributed by atoms with Crippen LogP contribution in [0.5, 0.6) is 155 Å². The zero-order chi connectivity index (χ0) is 54.4. The van der Waals surface area contributed by atoms with Crippen molar-refractivity contribution in [2.45, 2.75) is 0 Å². The molecule has 380 valence electrons. The quantitative estimate of drug-likeness (QED) is 0.0610. The standard InChI is InChI=1S/C46H28O28/c47-3-1-2-4(23(52)20(3)49)21(50)17-18-22(51)15(34(63)44(73)46(18)74-45(17)19(2)48)6-10-7(26(55)35(64)37(66)28(10)57)5(8-11(6)29(58)38(67)36(65)27(8)56)9-12-13(31(60)40(69)39(68)30(12)59)14(25(54)24(9)53)16-32(61)41(70)43(72)42(71)33(16)62/h1,47-73H. The molecule has 9 aromatic carbocycles. The van der Waals surface area contributed by atoms with E-state index in [1.54, 1.807) is 0 Å². The Morgan fingerprint density at radius 1 is 0.176 bits per heavy atom. The molecule has 74 heavy (non-hydrogen) atoms. The summed E-state index contributed by atoms with van der Waals surface area (Å²) in [6.07, 6.45) is 0. The highest BCUT2D eigenvalue weighted by Crippen LogP contribution is 2.70. The molecule has 0 aliphatic heterocycles. The maximum atomic E-state index is 12.3. The van der Waals surface area contributed by atoms with E-state index in [-0.39, 0.29) is 0 Å². The van der Waals surface area contributed by atoms with E-state index < -0.39 is 254 Å². The number of benzene rings is 9. The molecule has 0 aliphatic carbocycles. The number of hydrogen-bond acceptors (Lipinski definition) is 28. The molecule has 0 radical (unpaired) electrons. The predicted molar refractivity (Wildman–Crippen MR) is 245 cm³/mol. The van der Waals surface area contributed by atoms with Crippen molar-refractivity contribution in [3.8, 4) is 189 Å². The molecule has 0 bridgehead atoms. The van der Waals surface area contributed by atoms with E-state index in [9.17, 15) is 138 Å². The van der Waals surface area contributed by atoms with Crippen molar-refractivity contribution in [3.63, 3.8) is 0 Å². The zero-order valence-electron chi connectivity index (χ0n) is 35.6. The number of aromatic hydroxyl groups is 27. The summed E-state index contributed by atoms with van der Waals surface area (Å²) in [6, 6.07) is 0.624. The molecule has 0 aliphatic rings. The number of fused-ring (bicyclic) bond motifs is 7. The Balaban J connectivity index is 1.53. The van der Waals surface area contributed by atoms with Gasteiger partial charge in [-0.15, -0.1) is 0 Å². The molecule has 27 N–H and O–H groups in total. The summed E-state index contributed by atoms with van der Waals surface area (Å²) in [5.41, 5.74) is -10.8. The van der Waals surface area contributed by atoms with Crippen molar-refractivity contribution >= 4 is 65.0 Å². The van der Waals surface area contributed by atoms with Gasteiger partial charge in [0.05, 0.1) is 27.3 Å². The molecule has 0 unspecified atom stereocenters. The summed E-state index contributed by atoms with van der Waals surface area (Å²) in [7, 11) is 0. The first-order chi connectivity index (χ1) is 34.6. The molecule has 0 fully saturated rings. The van der Waals surface area contributed by atoms with Crippen molar-refractivity contribution in [2.24, 2.45) is 0 Å². The van der Waals surface area contributed by atoms with Gasteiger partial charge in [0.15, 0.2) is 91.7 Å². The van der Waals surface area contributed by atoms with Crippen LogP contribution in [-0.2, 0) is 0 Å². The first kappa shape index (κ1) is 46.2. The van der Waals surface area contributed by atoms with Crippen LogP contribution in [0.15, 0.2) is 10.5 Å². The maximum absolute atomic E-state index is 12.3. The van der Waals surface area contributed by atoms with Gasteiger partial charge in [-0.25, -0.2) is 0 Å². The minimum atomic E-state index is -1.90. The molecule has 0 atom stereocenters. The summed E-state index contributed by atoms with van der Waals surface area (Å²) < 4.78 is 5.52. The molecule has 10 aromatic rings. The molecule has 10 rings (SSSR count). The molecule has 28 heteroatoms. The van der Waals surface area contributed by atoms with Gasteiger partial charge in [0.25, 0.3) is 0 Å². The maximum Gasteiger partial charge on any atom is 0.208 e. The van der Waals surface area contributed by atoms with Gasteiger partial charge in [-0.05, 0) is 6.07 Å². The Morgan fingerprint density at radius 2 is 0.432 bits per heavy atom. The molecular formula is C46H28O28. The van der Waals surface area contributed by atoms with Crippen LogP contribution < -0.4 is 0 Å². The molecule has 28 nitrogen and oxygen atoms in total. The Hall–Kier alpha value is -11.6. The minimum Gasteiger partial charge on any atom is -0.506 e. The third kappa shape index (κ3) is 5.11. The van der Waals surface area contributed by atoms with E-state index in [1.165, 1.54) is 0 Å². The van der Waals surface area contributed by atoms with E-state index in [0.717, 1.165) is 0 Å². The fourth-order valence-electron chi connectivity index (χ4n) is 9.42. The average Bonchev–Trinajstić information content (AvgIpc) is 3.79. The van der Waals surface area contributed by atoms with E-state index in [4.69, 9.17) is 4.42 Å². The lowest BCUT2D eigenvalue weighted by molar-refractivity contribution is 0.329. The highest BCUT2D eigenvalue weighted by molar-refractivity contribution is 6.34. The van der Waals surface area contributed by atoms with Crippen LogP contribution in [0.3, 0.4) is 0 Å². The second-order valence-corrected chi connectivity index (χ2v) is 16.4. The monoisotopic (exact) mass is 1030 g/mol. The lowest BCUT2D eigenvalue weighted by atomic mass is 9.80. The molecule has 0 amide bonds. The molecule has 0 saturated carbocycles. The van der Waals surface area contributed by atoms with Crippen LogP contribution in [0.2, 0.25) is 0 Å². The van der Waals surface area contributed by atoms with Gasteiger partial charge in [0.2, 0.25) is 63.2 Å². The van der Waals surface area contributed by atoms with E-state index in [2.05, 4.69) is 0 Å². The van der Waals surface area contributed by atoms with Gasteiger partial charge in [0, 0.05) is 60.0 Å². The first-order valence-electron chi connectivity index (χ1n) is 20.0. The Kier molecular flexibility index (Phi) is 8.89. The number of phenolic OH excluding ortho intramolecular Hbond substituents is 27. The molecule has 0 saturated heterocycles. The second kappa shape index (κ2) is 14.3. The number of phenols is 27. The van der Waals surface area contributed by atoms with Crippen LogP contribution in [-0.4, -0.2) is 138 Å². The SMILES string of the molecule is Oc1cc2c(O)c3oc4c(O)c(O)c(-c5c6c(O)c(O)c(O)c(O)c6c(-c6c(O)c(O)c(-c7c(O)c(O)c(O)c(O)c7O)c7c(O)c(O)c(O)c(O)c67)c6c(O)c(O)c(O)c(O)c56)c(O)c4c3c(O)c2c(O)c1O. The number of furan rings is 1. The van der Waals surface area contributed by atoms with Gasteiger partial charge in [-0.3, -0.25) is 0 Å². The van der Waals surface area contributed by atoms with Crippen molar-refractivity contribution in [1.82, 2.24) is 0 Å². The number of hydrogen-bond donors (Lipinski definition) is 27. The van der Waals surface area contributed by atoms with Crippen LogP contribution in [0.25, 0.3) is 98.4 Å². The average molecular weight is 1030 g/mol. The van der Waals surface area contributed by atoms with E-state index in [0.29, 0.717) is 6.07 Å². The highest BCUT2D eigenvalue weighted by atomic mass is 16.4. The van der Waals surface area contributed by atoms with Crippen LogP contribution in [0.4, 0.5) is 0 Å². The fraction of sp³-hybridized carbons (Fsp3) is 0. The van der Waals surface area contributed by atoms with Crippen LogP contribution in [0.1, 0.15) is 0 Å². The summed E-state index contributed by atoms with van der Waals surface area (Å²) >= 11 is 0. The van der Waals surface area contributed by atoms with Gasteiger partial charge in [0.1, 0.15) is 11.5 Å². The van der Waals surface area contributed by atoms with Crippen molar-refractivity contribution in [2.75, 3.05) is 0 Å². The molecule has 1 aromatic heterocycles. The number of rotatable bonds is 3. The predicted octanol–water partition coefficient (Wildman–Crippen LogP) is 5.25. The van der Waals surface area contributed by atoms with Crippen LogP contribution in [0, 0.1) is 0 Å². The normalized spacial score (nSPS) is 11.9. The summed E-state index contributed by atoms with van der Waals surface area (Å²) in [5, 5.41) is 292. The highest BCUT2D eigenvalue weighted by Gasteiger charge is 2.41. The summed E-state index contributed by atoms with van der Waals surface area (Å²) in [6.45, 7) is 0. The Morgan fingerprint density at radius 3 is 0.838 bits per heavy atom. The molecule has 0 spiro atoms. The third-order valence-corrected chi connectivity index (χ3v) is 12.8. The van der Waals surface area contributed by atoms with E-state index in [1.807, 2.05) is 0 Å². The van der Waals surface area contributed by atoms with Gasteiger partial charge < -0.3 is 142 Å². The summed E-state index contributed by atoms with van der Waals surface area (Å²) in [5.74, 6) is -44.4. The lowest BCUT2D eigenvalue weighted by Gasteiger charge is -2.25. The van der Waals surface area contributed by atoms with Crippen molar-refractivity contribution in [1.29, 1.82) is 0 Å². The van der Waals surface area contributed by atoms with Gasteiger partial charge in [-0.1, -0.05) is 0 Å². The topological polar surface area (TPSA) is 559 Å². The van der Waals surface area contributed by atoms with Crippen molar-refractivity contribution < 1.29 is 142 Å². The summed E-state index contributed by atoms with van der Waals surface area (Å²) in [4.78, 5) is 0. The van der Waals surface area contributed by atoms with Crippen molar-refractivity contribution in [3.05, 3.63) is 6.07 Å². The smallest absolute Gasteiger partial charge is 0.208 e. The van der Waals surface area contributed by atoms with Crippen LogP contribution >= 0.6 is 0 Å². The fourth-order valence-corrected chi connectivity index (χ4v) is 9.42. The Bertz CT molecular complexity index is 4270. The third-order valence-electron chi connectivity index (χ3n) is 12.8. The Labute approximate surface area is 401 Å².